The third-order valence-corrected chi connectivity index (χ3v) is 4.18. The second kappa shape index (κ2) is 9.46. The van der Waals surface area contributed by atoms with Gasteiger partial charge >= 0.3 is 5.97 Å². The summed E-state index contributed by atoms with van der Waals surface area (Å²) in [7, 11) is 1.44. The summed E-state index contributed by atoms with van der Waals surface area (Å²) >= 11 is 0. The molecule has 0 spiro atoms. The van der Waals surface area contributed by atoms with Crippen molar-refractivity contribution in [2.75, 3.05) is 20.4 Å². The molecule has 9 nitrogen and oxygen atoms in total. The molecule has 0 unspecified atom stereocenters. The smallest absolute Gasteiger partial charge is 0.305 e. The van der Waals surface area contributed by atoms with Gasteiger partial charge in [0, 0.05) is 6.54 Å². The number of fused-ring (bicyclic) bond motifs is 1. The van der Waals surface area contributed by atoms with E-state index in [1.54, 1.807) is 42.5 Å². The Morgan fingerprint density at radius 1 is 1.13 bits per heavy atom. The molecule has 9 heteroatoms. The van der Waals surface area contributed by atoms with Gasteiger partial charge in [-0.2, -0.15) is 0 Å². The minimum Gasteiger partial charge on any atom is -0.496 e. The zero-order valence-corrected chi connectivity index (χ0v) is 16.1. The maximum Gasteiger partial charge on any atom is 0.305 e. The van der Waals surface area contributed by atoms with E-state index in [1.165, 1.54) is 13.2 Å². The van der Waals surface area contributed by atoms with Crippen molar-refractivity contribution < 1.29 is 33.7 Å². The number of rotatable bonds is 8. The Balaban J connectivity index is 1.86. The van der Waals surface area contributed by atoms with Crippen LogP contribution in [0.2, 0.25) is 0 Å². The summed E-state index contributed by atoms with van der Waals surface area (Å²) in [6, 6.07) is 11.6. The van der Waals surface area contributed by atoms with Gasteiger partial charge in [0.15, 0.2) is 11.5 Å². The molecule has 0 fully saturated rings. The number of ether oxygens (including phenoxy) is 3. The van der Waals surface area contributed by atoms with E-state index in [-0.39, 0.29) is 31.0 Å². The number of nitrogens with one attached hydrogen (secondary N) is 2. The number of methoxy groups -OCH3 is 1. The van der Waals surface area contributed by atoms with Crippen molar-refractivity contribution in [2.45, 2.75) is 6.42 Å². The lowest BCUT2D eigenvalue weighted by Crippen LogP contribution is -2.35. The Bertz CT molecular complexity index is 1000. The summed E-state index contributed by atoms with van der Waals surface area (Å²) in [5.41, 5.74) is 0.771. The molecule has 0 radical (unpaired) electrons. The summed E-state index contributed by atoms with van der Waals surface area (Å²) in [6.45, 7) is 0.0206. The number of para-hydroxylation sites is 1. The second-order valence-electron chi connectivity index (χ2n) is 6.22. The lowest BCUT2D eigenvalue weighted by molar-refractivity contribution is -0.136. The van der Waals surface area contributed by atoms with Gasteiger partial charge in [0.1, 0.15) is 11.4 Å². The van der Waals surface area contributed by atoms with Crippen LogP contribution < -0.4 is 24.8 Å². The van der Waals surface area contributed by atoms with Crippen molar-refractivity contribution >= 4 is 23.9 Å². The highest BCUT2D eigenvalue weighted by molar-refractivity contribution is 6.06. The molecule has 0 aliphatic carbocycles. The number of carboxylic acids is 1. The third-order valence-electron chi connectivity index (χ3n) is 4.18. The van der Waals surface area contributed by atoms with Crippen molar-refractivity contribution in [3.8, 4) is 17.2 Å². The van der Waals surface area contributed by atoms with E-state index >= 15 is 0 Å². The standard InChI is InChI=1S/C21H20N2O7/c1-28-16-5-3-2-4-14(16)20(26)23-15(21(27)22-9-8-19(24)25)10-13-6-7-17-18(11-13)30-12-29-17/h2-7,10-11H,8-9,12H2,1H3,(H,22,27)(H,23,26)(H,24,25)/b15-10-. The van der Waals surface area contributed by atoms with Crippen molar-refractivity contribution in [1.29, 1.82) is 0 Å². The summed E-state index contributed by atoms with van der Waals surface area (Å²) in [5, 5.41) is 13.8. The van der Waals surface area contributed by atoms with Crippen molar-refractivity contribution in [3.63, 3.8) is 0 Å². The van der Waals surface area contributed by atoms with Gasteiger partial charge in [-0.3, -0.25) is 14.4 Å². The predicted octanol–water partition coefficient (Wildman–Crippen LogP) is 1.79. The molecule has 30 heavy (non-hydrogen) atoms. The van der Waals surface area contributed by atoms with E-state index in [4.69, 9.17) is 19.3 Å². The van der Waals surface area contributed by atoms with Crippen molar-refractivity contribution in [2.24, 2.45) is 0 Å². The Morgan fingerprint density at radius 3 is 2.67 bits per heavy atom. The second-order valence-corrected chi connectivity index (χ2v) is 6.22. The molecule has 2 aromatic rings. The van der Waals surface area contributed by atoms with Gasteiger partial charge < -0.3 is 30.0 Å². The molecule has 2 aromatic carbocycles. The zero-order chi connectivity index (χ0) is 21.5. The number of hydrogen-bond donors (Lipinski definition) is 3. The molecule has 1 aliphatic rings. The van der Waals surface area contributed by atoms with Gasteiger partial charge in [0.05, 0.1) is 19.1 Å². The number of hydrogen-bond acceptors (Lipinski definition) is 6. The monoisotopic (exact) mass is 412 g/mol. The van der Waals surface area contributed by atoms with Crippen LogP contribution in [0.5, 0.6) is 17.2 Å². The Kier molecular flexibility index (Phi) is 6.53. The first-order chi connectivity index (χ1) is 14.5. The number of aliphatic carboxylic acids is 1. The maximum atomic E-state index is 12.7. The topological polar surface area (TPSA) is 123 Å². The fourth-order valence-corrected chi connectivity index (χ4v) is 2.73. The molecule has 3 rings (SSSR count). The lowest BCUT2D eigenvalue weighted by atomic mass is 10.1. The molecule has 156 valence electrons. The molecule has 2 amide bonds. The summed E-state index contributed by atoms with van der Waals surface area (Å²) < 4.78 is 15.8. The van der Waals surface area contributed by atoms with Crippen LogP contribution in [-0.4, -0.2) is 43.3 Å². The van der Waals surface area contributed by atoms with E-state index < -0.39 is 17.8 Å². The highest BCUT2D eigenvalue weighted by Gasteiger charge is 2.18. The first kappa shape index (κ1) is 20.7. The fourth-order valence-electron chi connectivity index (χ4n) is 2.73. The van der Waals surface area contributed by atoms with E-state index in [9.17, 15) is 14.4 Å². The van der Waals surface area contributed by atoms with Crippen LogP contribution in [0, 0.1) is 0 Å². The van der Waals surface area contributed by atoms with E-state index in [0.717, 1.165) is 0 Å². The fraction of sp³-hybridized carbons (Fsp3) is 0.190. The SMILES string of the molecule is COc1ccccc1C(=O)N/C(=C\c1ccc2c(c1)OCO2)C(=O)NCCC(=O)O. The van der Waals surface area contributed by atoms with Crippen LogP contribution >= 0.6 is 0 Å². The Hall–Kier alpha value is -4.01. The summed E-state index contributed by atoms with van der Waals surface area (Å²) in [6.07, 6.45) is 1.22. The van der Waals surface area contributed by atoms with Gasteiger partial charge in [-0.05, 0) is 35.9 Å². The quantitative estimate of drug-likeness (QED) is 0.565. The number of carbonyl (C=O) groups is 3. The number of amides is 2. The zero-order valence-electron chi connectivity index (χ0n) is 16.1. The Labute approximate surface area is 172 Å². The van der Waals surface area contributed by atoms with Gasteiger partial charge in [0.2, 0.25) is 6.79 Å². The van der Waals surface area contributed by atoms with Crippen LogP contribution in [0.3, 0.4) is 0 Å². The third kappa shape index (κ3) is 5.07. The molecule has 0 saturated carbocycles. The van der Waals surface area contributed by atoms with E-state index in [1.807, 2.05) is 0 Å². The van der Waals surface area contributed by atoms with Crippen LogP contribution in [0.25, 0.3) is 6.08 Å². The molecular formula is C21H20N2O7. The predicted molar refractivity (Wildman–Crippen MR) is 106 cm³/mol. The molecule has 0 saturated heterocycles. The lowest BCUT2D eigenvalue weighted by Gasteiger charge is -2.12. The average molecular weight is 412 g/mol. The Morgan fingerprint density at radius 2 is 1.90 bits per heavy atom. The molecule has 0 bridgehead atoms. The minimum atomic E-state index is -1.05. The molecule has 0 aromatic heterocycles. The van der Waals surface area contributed by atoms with Crippen molar-refractivity contribution in [1.82, 2.24) is 10.6 Å². The highest BCUT2D eigenvalue weighted by atomic mass is 16.7. The molecule has 3 N–H and O–H groups in total. The molecular weight excluding hydrogens is 392 g/mol. The first-order valence-corrected chi connectivity index (χ1v) is 9.03. The van der Waals surface area contributed by atoms with Gasteiger partial charge in [-0.15, -0.1) is 0 Å². The number of carbonyl (C=O) groups excluding carboxylic acids is 2. The molecule has 1 heterocycles. The highest BCUT2D eigenvalue weighted by Crippen LogP contribution is 2.33. The number of benzene rings is 2. The van der Waals surface area contributed by atoms with Crippen LogP contribution in [-0.2, 0) is 9.59 Å². The van der Waals surface area contributed by atoms with Gasteiger partial charge in [-0.25, -0.2) is 0 Å². The van der Waals surface area contributed by atoms with Gasteiger partial charge in [-0.1, -0.05) is 18.2 Å². The summed E-state index contributed by atoms with van der Waals surface area (Å²) in [4.78, 5) is 36.1. The van der Waals surface area contributed by atoms with Crippen LogP contribution in [0.4, 0.5) is 0 Å². The average Bonchev–Trinajstić information content (AvgIpc) is 3.20. The minimum absolute atomic E-state index is 0.0600. The largest absolute Gasteiger partial charge is 0.496 e. The van der Waals surface area contributed by atoms with Crippen LogP contribution in [0.15, 0.2) is 48.2 Å². The van der Waals surface area contributed by atoms with E-state index in [2.05, 4.69) is 10.6 Å². The first-order valence-electron chi connectivity index (χ1n) is 9.03. The summed E-state index contributed by atoms with van der Waals surface area (Å²) in [5.74, 6) is -0.772. The van der Waals surface area contributed by atoms with Crippen LogP contribution in [0.1, 0.15) is 22.3 Å². The van der Waals surface area contributed by atoms with E-state index in [0.29, 0.717) is 22.8 Å². The molecule has 1 aliphatic heterocycles. The normalized spacial score (nSPS) is 12.2. The maximum absolute atomic E-state index is 12.7. The molecule has 0 atom stereocenters. The van der Waals surface area contributed by atoms with Gasteiger partial charge in [0.25, 0.3) is 11.8 Å². The number of carboxylic acid groups (broad SMARTS) is 1. The van der Waals surface area contributed by atoms with Crippen molar-refractivity contribution in [3.05, 3.63) is 59.3 Å².